The molecule has 0 aliphatic heterocycles. The number of nitro benzene ring substituents is 1. The molecule has 1 aromatic carbocycles. The van der Waals surface area contributed by atoms with Crippen molar-refractivity contribution in [2.24, 2.45) is 0 Å². The molecule has 19 heavy (non-hydrogen) atoms. The monoisotopic (exact) mass is 263 g/mol. The lowest BCUT2D eigenvalue weighted by atomic mass is 10.1. The summed E-state index contributed by atoms with van der Waals surface area (Å²) in [5.74, 6) is -1.40. The number of ether oxygens (including phenoxy) is 1. The molecule has 0 bridgehead atoms. The van der Waals surface area contributed by atoms with Crippen LogP contribution in [0, 0.1) is 10.1 Å². The number of carbonyl (C=O) groups is 1. The molecule has 2 rings (SSSR count). The summed E-state index contributed by atoms with van der Waals surface area (Å²) < 4.78 is 9.89. The summed E-state index contributed by atoms with van der Waals surface area (Å²) in [4.78, 5) is 21.1. The van der Waals surface area contributed by atoms with Crippen molar-refractivity contribution in [3.63, 3.8) is 0 Å². The van der Waals surface area contributed by atoms with E-state index in [-0.39, 0.29) is 17.2 Å². The molecular formula is C12H9NO6. The highest BCUT2D eigenvalue weighted by Crippen LogP contribution is 2.38. The number of hydrogen-bond donors (Lipinski definition) is 1. The van der Waals surface area contributed by atoms with Gasteiger partial charge in [0.15, 0.2) is 0 Å². The van der Waals surface area contributed by atoms with Gasteiger partial charge in [-0.15, -0.1) is 0 Å². The molecule has 0 radical (unpaired) electrons. The van der Waals surface area contributed by atoms with Gasteiger partial charge < -0.3 is 14.3 Å². The van der Waals surface area contributed by atoms with Gasteiger partial charge in [-0.05, 0) is 6.07 Å². The van der Waals surface area contributed by atoms with Gasteiger partial charge in [0.1, 0.15) is 0 Å². The molecule has 0 unspecified atom stereocenters. The Hall–Kier alpha value is -2.83. The Morgan fingerprint density at radius 2 is 2.21 bits per heavy atom. The maximum atomic E-state index is 10.9. The fraction of sp³-hybridized carbons (Fsp3) is 0.0833. The average molecular weight is 263 g/mol. The summed E-state index contributed by atoms with van der Waals surface area (Å²) >= 11 is 0. The second-order valence-electron chi connectivity index (χ2n) is 3.62. The van der Waals surface area contributed by atoms with Gasteiger partial charge in [-0.25, -0.2) is 4.79 Å². The van der Waals surface area contributed by atoms with Crippen LogP contribution < -0.4 is 4.74 Å². The van der Waals surface area contributed by atoms with E-state index in [1.54, 1.807) is 6.07 Å². The number of hydrogen-bond acceptors (Lipinski definition) is 5. The minimum absolute atomic E-state index is 0.0604. The lowest BCUT2D eigenvalue weighted by molar-refractivity contribution is -0.385. The van der Waals surface area contributed by atoms with E-state index >= 15 is 0 Å². The lowest BCUT2D eigenvalue weighted by Crippen LogP contribution is -1.95. The highest BCUT2D eigenvalue weighted by Gasteiger charge is 2.21. The zero-order valence-corrected chi connectivity index (χ0v) is 9.82. The Morgan fingerprint density at radius 3 is 2.74 bits per heavy atom. The molecule has 1 N–H and O–H groups in total. The van der Waals surface area contributed by atoms with E-state index in [0.717, 1.165) is 0 Å². The quantitative estimate of drug-likeness (QED) is 0.671. The molecule has 1 heterocycles. The second kappa shape index (κ2) is 4.81. The van der Waals surface area contributed by atoms with E-state index in [9.17, 15) is 14.9 Å². The number of rotatable bonds is 4. The Kier molecular flexibility index (Phi) is 3.19. The van der Waals surface area contributed by atoms with Crippen molar-refractivity contribution in [3.8, 4) is 16.9 Å². The third-order valence-corrected chi connectivity index (χ3v) is 2.52. The normalized spacial score (nSPS) is 10.2. The first-order valence-electron chi connectivity index (χ1n) is 5.18. The number of benzene rings is 1. The summed E-state index contributed by atoms with van der Waals surface area (Å²) in [5.41, 5.74) is 0.601. The molecular weight excluding hydrogens is 254 g/mol. The van der Waals surface area contributed by atoms with Crippen molar-refractivity contribution in [2.45, 2.75) is 0 Å². The number of methoxy groups -OCH3 is 1. The molecule has 7 nitrogen and oxygen atoms in total. The number of furan rings is 1. The Balaban J connectivity index is 2.58. The maximum Gasteiger partial charge on any atom is 0.371 e. The Labute approximate surface area is 107 Å². The van der Waals surface area contributed by atoms with Gasteiger partial charge in [-0.2, -0.15) is 0 Å². The van der Waals surface area contributed by atoms with Gasteiger partial charge >= 0.3 is 11.7 Å². The molecule has 1 aromatic heterocycles. The van der Waals surface area contributed by atoms with Crippen LogP contribution in [0.15, 0.2) is 34.9 Å². The number of aromatic carboxylic acids is 1. The van der Waals surface area contributed by atoms with Crippen LogP contribution in [0.4, 0.5) is 5.69 Å². The number of carboxylic acid groups (broad SMARTS) is 1. The van der Waals surface area contributed by atoms with Crippen LogP contribution in [0.1, 0.15) is 10.6 Å². The van der Waals surface area contributed by atoms with Crippen molar-refractivity contribution in [1.82, 2.24) is 0 Å². The van der Waals surface area contributed by atoms with Crippen LogP contribution in [0.5, 0.6) is 5.75 Å². The Morgan fingerprint density at radius 1 is 1.47 bits per heavy atom. The fourth-order valence-electron chi connectivity index (χ4n) is 1.70. The molecule has 0 spiro atoms. The molecule has 0 amide bonds. The first-order chi connectivity index (χ1) is 9.04. The second-order valence-corrected chi connectivity index (χ2v) is 3.62. The fourth-order valence-corrected chi connectivity index (χ4v) is 1.70. The van der Waals surface area contributed by atoms with Crippen LogP contribution in [0.2, 0.25) is 0 Å². The topological polar surface area (TPSA) is 103 Å². The van der Waals surface area contributed by atoms with Gasteiger partial charge in [0.2, 0.25) is 11.5 Å². The number of para-hydroxylation sites is 1. The average Bonchev–Trinajstić information content (AvgIpc) is 2.87. The number of nitrogens with zero attached hydrogens (tertiary/aromatic N) is 1. The van der Waals surface area contributed by atoms with Crippen molar-refractivity contribution in [3.05, 3.63) is 46.4 Å². The molecule has 98 valence electrons. The zero-order chi connectivity index (χ0) is 14.0. The van der Waals surface area contributed by atoms with E-state index in [0.29, 0.717) is 11.1 Å². The highest BCUT2D eigenvalue weighted by molar-refractivity contribution is 5.87. The third kappa shape index (κ3) is 2.25. The zero-order valence-electron chi connectivity index (χ0n) is 9.82. The van der Waals surface area contributed by atoms with Crippen molar-refractivity contribution in [2.75, 3.05) is 7.11 Å². The van der Waals surface area contributed by atoms with Crippen LogP contribution in [0.3, 0.4) is 0 Å². The summed E-state index contributed by atoms with van der Waals surface area (Å²) in [5, 5.41) is 19.7. The first-order valence-corrected chi connectivity index (χ1v) is 5.18. The minimum atomic E-state index is -1.21. The minimum Gasteiger partial charge on any atom is -0.490 e. The van der Waals surface area contributed by atoms with Gasteiger partial charge in [-0.3, -0.25) is 10.1 Å². The molecule has 2 aromatic rings. The van der Waals surface area contributed by atoms with Crippen LogP contribution >= 0.6 is 0 Å². The highest BCUT2D eigenvalue weighted by atomic mass is 16.6. The summed E-state index contributed by atoms with van der Waals surface area (Å²) in [6.07, 6.45) is 1.21. The van der Waals surface area contributed by atoms with Gasteiger partial charge in [-0.1, -0.05) is 12.1 Å². The number of nitro groups is 1. The molecule has 0 saturated carbocycles. The molecule has 0 saturated heterocycles. The molecule has 7 heteroatoms. The molecule has 0 aliphatic rings. The van der Waals surface area contributed by atoms with Gasteiger partial charge in [0.25, 0.3) is 0 Å². The van der Waals surface area contributed by atoms with E-state index in [1.165, 1.54) is 31.6 Å². The predicted octanol–water partition coefficient (Wildman–Crippen LogP) is 2.56. The molecule has 0 fully saturated rings. The van der Waals surface area contributed by atoms with Crippen LogP contribution in [-0.4, -0.2) is 23.1 Å². The number of carboxylic acids is 1. The standard InChI is InChI=1S/C12H9NO6/c1-18-11-8(3-2-4-9(11)13(16)17)7-5-10(12(14)15)19-6-7/h2-6H,1H3,(H,14,15). The van der Waals surface area contributed by atoms with E-state index < -0.39 is 10.9 Å². The molecule has 0 atom stereocenters. The van der Waals surface area contributed by atoms with Gasteiger partial charge in [0.05, 0.1) is 18.3 Å². The Bertz CT molecular complexity index is 645. The SMILES string of the molecule is COc1c(-c2coc(C(=O)O)c2)cccc1[N+](=O)[O-]. The van der Waals surface area contributed by atoms with E-state index in [1.807, 2.05) is 0 Å². The van der Waals surface area contributed by atoms with E-state index in [4.69, 9.17) is 14.3 Å². The predicted molar refractivity (Wildman–Crippen MR) is 64.3 cm³/mol. The van der Waals surface area contributed by atoms with Crippen LogP contribution in [0.25, 0.3) is 11.1 Å². The van der Waals surface area contributed by atoms with E-state index in [2.05, 4.69) is 0 Å². The summed E-state index contributed by atoms with van der Waals surface area (Å²) in [6.45, 7) is 0. The maximum absolute atomic E-state index is 10.9. The largest absolute Gasteiger partial charge is 0.490 e. The summed E-state index contributed by atoms with van der Waals surface area (Å²) in [6, 6.07) is 5.66. The first kappa shape index (κ1) is 12.6. The summed E-state index contributed by atoms with van der Waals surface area (Å²) in [7, 11) is 1.31. The van der Waals surface area contributed by atoms with Crippen molar-refractivity contribution >= 4 is 11.7 Å². The van der Waals surface area contributed by atoms with Crippen molar-refractivity contribution < 1.29 is 24.0 Å². The van der Waals surface area contributed by atoms with Crippen LogP contribution in [-0.2, 0) is 0 Å². The van der Waals surface area contributed by atoms with Gasteiger partial charge in [0, 0.05) is 17.2 Å². The lowest BCUT2D eigenvalue weighted by Gasteiger charge is -2.06. The van der Waals surface area contributed by atoms with Crippen molar-refractivity contribution in [1.29, 1.82) is 0 Å². The third-order valence-electron chi connectivity index (χ3n) is 2.52. The smallest absolute Gasteiger partial charge is 0.371 e. The molecule has 0 aliphatic carbocycles.